The Labute approximate surface area is 137 Å². The number of nitrogens with zero attached hydrogens (tertiary/aromatic N) is 2. The second-order valence-electron chi connectivity index (χ2n) is 5.94. The number of piperidine rings is 1. The van der Waals surface area contributed by atoms with E-state index in [0.717, 1.165) is 42.5 Å². The lowest BCUT2D eigenvalue weighted by Gasteiger charge is -2.23. The van der Waals surface area contributed by atoms with Gasteiger partial charge in [-0.1, -0.05) is 30.3 Å². The molecule has 0 bridgehead atoms. The van der Waals surface area contributed by atoms with Crippen molar-refractivity contribution in [3.8, 4) is 11.4 Å². The summed E-state index contributed by atoms with van der Waals surface area (Å²) in [5.41, 5.74) is 1.92. The van der Waals surface area contributed by atoms with Crippen LogP contribution in [0.15, 0.2) is 36.4 Å². The molecule has 1 aromatic heterocycles. The van der Waals surface area contributed by atoms with Crippen LogP contribution in [0.2, 0.25) is 0 Å². The molecule has 0 atom stereocenters. The zero-order valence-electron chi connectivity index (χ0n) is 13.6. The summed E-state index contributed by atoms with van der Waals surface area (Å²) in [6, 6.07) is 12.1. The minimum atomic E-state index is 0.490. The number of methoxy groups -OCH3 is 1. The Balaban J connectivity index is 1.76. The number of aromatic nitrogens is 2. The van der Waals surface area contributed by atoms with Gasteiger partial charge in [-0.25, -0.2) is 9.97 Å². The molecule has 1 aliphatic rings. The molecule has 2 aromatic rings. The van der Waals surface area contributed by atoms with Crippen molar-refractivity contribution in [2.75, 3.05) is 32.1 Å². The first kappa shape index (κ1) is 15.9. The van der Waals surface area contributed by atoms with Crippen molar-refractivity contribution < 1.29 is 4.74 Å². The van der Waals surface area contributed by atoms with Crippen LogP contribution in [0.4, 0.5) is 5.82 Å². The Hall–Kier alpha value is -1.98. The molecule has 5 heteroatoms. The Bertz CT molecular complexity index is 612. The van der Waals surface area contributed by atoms with Crippen LogP contribution >= 0.6 is 0 Å². The van der Waals surface area contributed by atoms with E-state index in [4.69, 9.17) is 4.74 Å². The lowest BCUT2D eigenvalue weighted by atomic mass is 9.98. The second kappa shape index (κ2) is 8.04. The molecular weight excluding hydrogens is 288 g/mol. The predicted molar refractivity (Wildman–Crippen MR) is 92.3 cm³/mol. The Morgan fingerprint density at radius 2 is 1.96 bits per heavy atom. The summed E-state index contributed by atoms with van der Waals surface area (Å²) in [7, 11) is 1.69. The topological polar surface area (TPSA) is 59.1 Å². The molecule has 5 nitrogen and oxygen atoms in total. The molecule has 0 amide bonds. The van der Waals surface area contributed by atoms with Crippen molar-refractivity contribution in [3.63, 3.8) is 0 Å². The normalized spacial score (nSPS) is 15.5. The van der Waals surface area contributed by atoms with Crippen LogP contribution in [0, 0.1) is 5.92 Å². The van der Waals surface area contributed by atoms with Gasteiger partial charge in [-0.3, -0.25) is 0 Å². The first-order chi connectivity index (χ1) is 11.3. The number of hydrogen-bond donors (Lipinski definition) is 2. The first-order valence-corrected chi connectivity index (χ1v) is 8.22. The van der Waals surface area contributed by atoms with Crippen LogP contribution in [0.1, 0.15) is 18.5 Å². The molecule has 2 N–H and O–H groups in total. The highest BCUT2D eigenvalue weighted by Crippen LogP contribution is 2.19. The smallest absolute Gasteiger partial charge is 0.161 e. The average molecular weight is 312 g/mol. The van der Waals surface area contributed by atoms with Crippen molar-refractivity contribution in [2.45, 2.75) is 19.4 Å². The number of anilines is 1. The van der Waals surface area contributed by atoms with Crippen LogP contribution in [-0.4, -0.2) is 36.7 Å². The van der Waals surface area contributed by atoms with E-state index in [-0.39, 0.29) is 0 Å². The lowest BCUT2D eigenvalue weighted by Crippen LogP contribution is -2.31. The van der Waals surface area contributed by atoms with E-state index >= 15 is 0 Å². The van der Waals surface area contributed by atoms with E-state index in [1.165, 1.54) is 12.8 Å². The van der Waals surface area contributed by atoms with Gasteiger partial charge in [0, 0.05) is 25.3 Å². The van der Waals surface area contributed by atoms with Crippen molar-refractivity contribution in [3.05, 3.63) is 42.1 Å². The molecule has 0 saturated carbocycles. The van der Waals surface area contributed by atoms with Crippen LogP contribution in [0.5, 0.6) is 0 Å². The molecule has 1 fully saturated rings. The number of hydrogen-bond acceptors (Lipinski definition) is 5. The van der Waals surface area contributed by atoms with E-state index in [9.17, 15) is 0 Å². The monoisotopic (exact) mass is 312 g/mol. The van der Waals surface area contributed by atoms with Gasteiger partial charge in [0.15, 0.2) is 5.82 Å². The van der Waals surface area contributed by atoms with Gasteiger partial charge in [-0.15, -0.1) is 0 Å². The standard InChI is InChI=1S/C18H24N4O/c1-23-13-16-11-17(20-12-14-7-9-19-10-8-14)22-18(21-16)15-5-3-2-4-6-15/h2-6,11,14,19H,7-10,12-13H2,1H3,(H,20,21,22). The summed E-state index contributed by atoms with van der Waals surface area (Å²) in [5.74, 6) is 2.33. The molecule has 1 saturated heterocycles. The SMILES string of the molecule is COCc1cc(NCC2CCNCC2)nc(-c2ccccc2)n1. The molecule has 0 spiro atoms. The zero-order valence-corrected chi connectivity index (χ0v) is 13.6. The quantitative estimate of drug-likeness (QED) is 0.859. The highest BCUT2D eigenvalue weighted by molar-refractivity contribution is 5.57. The van der Waals surface area contributed by atoms with Crippen molar-refractivity contribution in [1.82, 2.24) is 15.3 Å². The fourth-order valence-electron chi connectivity index (χ4n) is 2.86. The average Bonchev–Trinajstić information content (AvgIpc) is 2.62. The molecule has 1 aliphatic heterocycles. The fourth-order valence-corrected chi connectivity index (χ4v) is 2.86. The third kappa shape index (κ3) is 4.50. The Morgan fingerprint density at radius 1 is 1.17 bits per heavy atom. The van der Waals surface area contributed by atoms with Gasteiger partial charge in [-0.05, 0) is 31.8 Å². The summed E-state index contributed by atoms with van der Waals surface area (Å²) in [6.45, 7) is 3.67. The maximum absolute atomic E-state index is 5.24. The molecule has 0 aliphatic carbocycles. The zero-order chi connectivity index (χ0) is 15.9. The van der Waals surface area contributed by atoms with E-state index in [1.807, 2.05) is 36.4 Å². The predicted octanol–water partition coefficient (Wildman–Crippen LogP) is 2.70. The van der Waals surface area contributed by atoms with Gasteiger partial charge in [0.05, 0.1) is 12.3 Å². The summed E-state index contributed by atoms with van der Waals surface area (Å²) >= 11 is 0. The maximum Gasteiger partial charge on any atom is 0.161 e. The van der Waals surface area contributed by atoms with Gasteiger partial charge < -0.3 is 15.4 Å². The molecule has 3 rings (SSSR count). The third-order valence-electron chi connectivity index (χ3n) is 4.13. The minimum Gasteiger partial charge on any atom is -0.378 e. The molecule has 0 radical (unpaired) electrons. The van der Waals surface area contributed by atoms with Crippen molar-refractivity contribution in [1.29, 1.82) is 0 Å². The molecular formula is C18H24N4O. The van der Waals surface area contributed by atoms with Gasteiger partial charge in [0.2, 0.25) is 0 Å². The largest absolute Gasteiger partial charge is 0.378 e. The number of rotatable bonds is 6. The van der Waals surface area contributed by atoms with Crippen LogP contribution in [-0.2, 0) is 11.3 Å². The van der Waals surface area contributed by atoms with Crippen LogP contribution in [0.3, 0.4) is 0 Å². The molecule has 122 valence electrons. The lowest BCUT2D eigenvalue weighted by molar-refractivity contribution is 0.181. The van der Waals surface area contributed by atoms with E-state index in [2.05, 4.69) is 20.6 Å². The molecule has 23 heavy (non-hydrogen) atoms. The van der Waals surface area contributed by atoms with E-state index in [0.29, 0.717) is 12.5 Å². The highest BCUT2D eigenvalue weighted by Gasteiger charge is 2.13. The van der Waals surface area contributed by atoms with Gasteiger partial charge in [-0.2, -0.15) is 0 Å². The summed E-state index contributed by atoms with van der Waals surface area (Å²) < 4.78 is 5.24. The van der Waals surface area contributed by atoms with E-state index in [1.54, 1.807) is 7.11 Å². The van der Waals surface area contributed by atoms with Crippen LogP contribution < -0.4 is 10.6 Å². The molecule has 2 heterocycles. The van der Waals surface area contributed by atoms with Crippen LogP contribution in [0.25, 0.3) is 11.4 Å². The van der Waals surface area contributed by atoms with Gasteiger partial charge in [0.1, 0.15) is 5.82 Å². The highest BCUT2D eigenvalue weighted by atomic mass is 16.5. The van der Waals surface area contributed by atoms with Crippen molar-refractivity contribution >= 4 is 5.82 Å². The summed E-state index contributed by atoms with van der Waals surface area (Å²) in [6.07, 6.45) is 2.43. The minimum absolute atomic E-state index is 0.490. The number of ether oxygens (including phenoxy) is 1. The maximum atomic E-state index is 5.24. The second-order valence-corrected chi connectivity index (χ2v) is 5.94. The van der Waals surface area contributed by atoms with Gasteiger partial charge in [0.25, 0.3) is 0 Å². The number of nitrogens with one attached hydrogen (secondary N) is 2. The molecule has 1 aromatic carbocycles. The summed E-state index contributed by atoms with van der Waals surface area (Å²) in [4.78, 5) is 9.28. The number of benzene rings is 1. The fraction of sp³-hybridized carbons (Fsp3) is 0.444. The van der Waals surface area contributed by atoms with Crippen molar-refractivity contribution in [2.24, 2.45) is 5.92 Å². The Kier molecular flexibility index (Phi) is 5.56. The van der Waals surface area contributed by atoms with Gasteiger partial charge >= 0.3 is 0 Å². The first-order valence-electron chi connectivity index (χ1n) is 8.22. The Morgan fingerprint density at radius 3 is 2.70 bits per heavy atom. The third-order valence-corrected chi connectivity index (χ3v) is 4.13. The van der Waals surface area contributed by atoms with E-state index < -0.39 is 0 Å². The molecule has 0 unspecified atom stereocenters. The summed E-state index contributed by atoms with van der Waals surface area (Å²) in [5, 5.41) is 6.89.